The quantitative estimate of drug-likeness (QED) is 0.874. The predicted molar refractivity (Wildman–Crippen MR) is 96.7 cm³/mol. The Labute approximate surface area is 146 Å². The average Bonchev–Trinajstić information content (AvgIpc) is 3.11. The van der Waals surface area contributed by atoms with Crippen LogP contribution in [0.3, 0.4) is 0 Å². The van der Waals surface area contributed by atoms with Crippen molar-refractivity contribution in [1.82, 2.24) is 5.32 Å². The molecular weight excluding hydrogens is 321 g/mol. The number of benzene rings is 2. The highest BCUT2D eigenvalue weighted by Crippen LogP contribution is 2.26. The first-order valence-electron chi connectivity index (χ1n) is 8.33. The number of rotatable bonds is 5. The Morgan fingerprint density at radius 1 is 1.28 bits per heavy atom. The zero-order valence-corrected chi connectivity index (χ0v) is 14.2. The van der Waals surface area contributed by atoms with Crippen LogP contribution in [0.15, 0.2) is 48.5 Å². The number of hydrogen-bond donors (Lipinski definition) is 2. The number of anilines is 2. The van der Waals surface area contributed by atoms with E-state index in [0.717, 1.165) is 30.9 Å². The van der Waals surface area contributed by atoms with Crippen molar-refractivity contribution in [2.24, 2.45) is 5.92 Å². The van der Waals surface area contributed by atoms with Crippen LogP contribution in [-0.4, -0.2) is 32.8 Å². The molecule has 0 unspecified atom stereocenters. The second kappa shape index (κ2) is 7.88. The van der Waals surface area contributed by atoms with Gasteiger partial charge in [0.25, 0.3) is 0 Å². The molecule has 0 spiro atoms. The van der Waals surface area contributed by atoms with E-state index in [4.69, 9.17) is 4.74 Å². The van der Waals surface area contributed by atoms with Crippen molar-refractivity contribution in [3.05, 3.63) is 54.3 Å². The highest BCUT2D eigenvalue weighted by molar-refractivity contribution is 5.89. The summed E-state index contributed by atoms with van der Waals surface area (Å²) in [5, 5.41) is 5.59. The number of carbonyl (C=O) groups is 1. The van der Waals surface area contributed by atoms with E-state index >= 15 is 0 Å². The number of nitrogens with zero attached hydrogens (tertiary/aromatic N) is 1. The van der Waals surface area contributed by atoms with Crippen LogP contribution in [0.25, 0.3) is 0 Å². The molecule has 6 heteroatoms. The van der Waals surface area contributed by atoms with Gasteiger partial charge in [0.15, 0.2) is 0 Å². The molecule has 1 heterocycles. The summed E-state index contributed by atoms with van der Waals surface area (Å²) in [4.78, 5) is 14.2. The lowest BCUT2D eigenvalue weighted by Gasteiger charge is -2.19. The third-order valence-corrected chi connectivity index (χ3v) is 4.36. The number of halogens is 1. The number of nitrogens with one attached hydrogen (secondary N) is 2. The summed E-state index contributed by atoms with van der Waals surface area (Å²) in [5.41, 5.74) is 1.71. The van der Waals surface area contributed by atoms with Crippen molar-refractivity contribution < 1.29 is 13.9 Å². The fourth-order valence-corrected chi connectivity index (χ4v) is 2.99. The molecule has 0 aliphatic carbocycles. The van der Waals surface area contributed by atoms with Gasteiger partial charge in [0.2, 0.25) is 0 Å². The smallest absolute Gasteiger partial charge is 0.319 e. The van der Waals surface area contributed by atoms with E-state index in [1.807, 2.05) is 18.2 Å². The second-order valence-electron chi connectivity index (χ2n) is 6.14. The van der Waals surface area contributed by atoms with Gasteiger partial charge < -0.3 is 20.3 Å². The second-order valence-corrected chi connectivity index (χ2v) is 6.14. The van der Waals surface area contributed by atoms with Gasteiger partial charge in [-0.25, -0.2) is 9.18 Å². The molecule has 2 amide bonds. The number of hydrogen-bond acceptors (Lipinski definition) is 3. The largest absolute Gasteiger partial charge is 0.497 e. The van der Waals surface area contributed by atoms with Gasteiger partial charge in [-0.2, -0.15) is 0 Å². The molecule has 1 atom stereocenters. The molecule has 0 saturated carbocycles. The summed E-state index contributed by atoms with van der Waals surface area (Å²) < 4.78 is 18.1. The summed E-state index contributed by atoms with van der Waals surface area (Å²) in [7, 11) is 1.66. The van der Waals surface area contributed by atoms with Crippen molar-refractivity contribution in [3.8, 4) is 5.75 Å². The topological polar surface area (TPSA) is 53.6 Å². The summed E-state index contributed by atoms with van der Waals surface area (Å²) in [6, 6.07) is 13.4. The summed E-state index contributed by atoms with van der Waals surface area (Å²) in [5.74, 6) is 0.914. The van der Waals surface area contributed by atoms with Gasteiger partial charge in [-0.3, -0.25) is 0 Å². The SMILES string of the molecule is COc1cccc(N2CC[C@@H](CNC(=O)Nc3ccc(F)cc3)C2)c1. The van der Waals surface area contributed by atoms with Crippen LogP contribution in [0.1, 0.15) is 6.42 Å². The highest BCUT2D eigenvalue weighted by atomic mass is 19.1. The number of urea groups is 1. The standard InChI is InChI=1S/C19H22FN3O2/c1-25-18-4-2-3-17(11-18)23-10-9-14(13-23)12-21-19(24)22-16-7-5-15(20)6-8-16/h2-8,11,14H,9-10,12-13H2,1H3,(H2,21,22,24)/t14-/m0/s1. The Hall–Kier alpha value is -2.76. The van der Waals surface area contributed by atoms with E-state index in [2.05, 4.69) is 21.6 Å². The van der Waals surface area contributed by atoms with E-state index in [1.165, 1.54) is 24.3 Å². The molecule has 5 nitrogen and oxygen atoms in total. The lowest BCUT2D eigenvalue weighted by Crippen LogP contribution is -2.34. The zero-order valence-electron chi connectivity index (χ0n) is 14.2. The molecule has 0 radical (unpaired) electrons. The maximum Gasteiger partial charge on any atom is 0.319 e. The average molecular weight is 343 g/mol. The highest BCUT2D eigenvalue weighted by Gasteiger charge is 2.23. The molecule has 25 heavy (non-hydrogen) atoms. The van der Waals surface area contributed by atoms with Gasteiger partial charge in [-0.15, -0.1) is 0 Å². The fourth-order valence-electron chi connectivity index (χ4n) is 2.99. The number of ether oxygens (including phenoxy) is 1. The molecule has 0 aromatic heterocycles. The monoisotopic (exact) mass is 343 g/mol. The van der Waals surface area contributed by atoms with Gasteiger partial charge in [-0.1, -0.05) is 6.07 Å². The number of methoxy groups -OCH3 is 1. The predicted octanol–water partition coefficient (Wildman–Crippen LogP) is 3.48. The van der Waals surface area contributed by atoms with Gasteiger partial charge in [0, 0.05) is 37.1 Å². The third kappa shape index (κ3) is 4.62. The molecule has 1 fully saturated rings. The molecule has 1 aliphatic rings. The van der Waals surface area contributed by atoms with Gasteiger partial charge >= 0.3 is 6.03 Å². The first-order chi connectivity index (χ1) is 12.1. The molecule has 132 valence electrons. The van der Waals surface area contributed by atoms with Crippen LogP contribution in [0.2, 0.25) is 0 Å². The van der Waals surface area contributed by atoms with Crippen LogP contribution in [0, 0.1) is 11.7 Å². The fraction of sp³-hybridized carbons (Fsp3) is 0.316. The minimum atomic E-state index is -0.324. The molecule has 2 aromatic rings. The Morgan fingerprint density at radius 3 is 2.84 bits per heavy atom. The minimum Gasteiger partial charge on any atom is -0.497 e. The first-order valence-corrected chi connectivity index (χ1v) is 8.33. The summed E-state index contributed by atoms with van der Waals surface area (Å²) in [6.45, 7) is 2.45. The maximum atomic E-state index is 12.9. The van der Waals surface area contributed by atoms with Crippen LogP contribution >= 0.6 is 0 Å². The lowest BCUT2D eigenvalue weighted by atomic mass is 10.1. The van der Waals surface area contributed by atoms with Crippen molar-refractivity contribution in [1.29, 1.82) is 0 Å². The van der Waals surface area contributed by atoms with Crippen molar-refractivity contribution in [2.45, 2.75) is 6.42 Å². The van der Waals surface area contributed by atoms with Crippen LogP contribution < -0.4 is 20.3 Å². The van der Waals surface area contributed by atoms with E-state index in [1.54, 1.807) is 7.11 Å². The van der Waals surface area contributed by atoms with E-state index in [0.29, 0.717) is 18.2 Å². The molecule has 3 rings (SSSR count). The van der Waals surface area contributed by atoms with E-state index in [9.17, 15) is 9.18 Å². The maximum absolute atomic E-state index is 12.9. The third-order valence-electron chi connectivity index (χ3n) is 4.36. The van der Waals surface area contributed by atoms with Gasteiger partial charge in [0.1, 0.15) is 11.6 Å². The summed E-state index contributed by atoms with van der Waals surface area (Å²) in [6.07, 6.45) is 1.02. The van der Waals surface area contributed by atoms with Gasteiger partial charge in [0.05, 0.1) is 7.11 Å². The molecule has 2 aromatic carbocycles. The van der Waals surface area contributed by atoms with Crippen molar-refractivity contribution in [3.63, 3.8) is 0 Å². The molecule has 1 saturated heterocycles. The number of carbonyl (C=O) groups excluding carboxylic acids is 1. The Balaban J connectivity index is 1.46. The Bertz CT molecular complexity index is 721. The molecule has 2 N–H and O–H groups in total. The van der Waals surface area contributed by atoms with Crippen LogP contribution in [0.5, 0.6) is 5.75 Å². The van der Waals surface area contributed by atoms with Crippen LogP contribution in [0.4, 0.5) is 20.6 Å². The Morgan fingerprint density at radius 2 is 2.08 bits per heavy atom. The normalized spacial score (nSPS) is 16.6. The van der Waals surface area contributed by atoms with Crippen molar-refractivity contribution >= 4 is 17.4 Å². The Kier molecular flexibility index (Phi) is 5.38. The zero-order chi connectivity index (χ0) is 17.6. The first kappa shape index (κ1) is 17.1. The summed E-state index contributed by atoms with van der Waals surface area (Å²) >= 11 is 0. The van der Waals surface area contributed by atoms with E-state index in [-0.39, 0.29) is 11.8 Å². The van der Waals surface area contributed by atoms with Gasteiger partial charge in [-0.05, 0) is 48.7 Å². The number of amides is 2. The lowest BCUT2D eigenvalue weighted by molar-refractivity contribution is 0.250. The molecular formula is C19H22FN3O2. The van der Waals surface area contributed by atoms with Crippen LogP contribution in [-0.2, 0) is 0 Å². The minimum absolute atomic E-state index is 0.272. The van der Waals surface area contributed by atoms with Crippen molar-refractivity contribution in [2.75, 3.05) is 37.0 Å². The molecule has 1 aliphatic heterocycles. The van der Waals surface area contributed by atoms with E-state index < -0.39 is 0 Å². The molecule has 0 bridgehead atoms.